The van der Waals surface area contributed by atoms with Crippen LogP contribution in [0.3, 0.4) is 0 Å². The average Bonchev–Trinajstić information content (AvgIpc) is 3.04. The number of hydrogen-bond acceptors (Lipinski definition) is 4. The quantitative estimate of drug-likeness (QED) is 0.866. The van der Waals surface area contributed by atoms with E-state index < -0.39 is 5.60 Å². The number of ether oxygens (including phenoxy) is 1. The molecule has 1 saturated carbocycles. The maximum absolute atomic E-state index is 12.6. The van der Waals surface area contributed by atoms with Crippen LogP contribution in [0.4, 0.5) is 5.69 Å². The van der Waals surface area contributed by atoms with Gasteiger partial charge in [0.1, 0.15) is 5.60 Å². The zero-order valence-electron chi connectivity index (χ0n) is 12.3. The fourth-order valence-corrected chi connectivity index (χ4v) is 3.45. The number of amides is 1. The first-order valence-electron chi connectivity index (χ1n) is 7.68. The fraction of sp³-hybridized carbons (Fsp3) is 0.667. The van der Waals surface area contributed by atoms with E-state index in [9.17, 15) is 9.59 Å². The minimum absolute atomic E-state index is 0.126. The smallest absolute Gasteiger partial charge is 0.307 e. The molecule has 0 unspecified atom stereocenters. The molecule has 6 heteroatoms. The molecule has 2 aliphatic rings. The summed E-state index contributed by atoms with van der Waals surface area (Å²) in [5.41, 5.74) is 0.104. The van der Waals surface area contributed by atoms with Gasteiger partial charge in [-0.15, -0.1) is 0 Å². The first-order valence-corrected chi connectivity index (χ1v) is 7.68. The summed E-state index contributed by atoms with van der Waals surface area (Å²) in [7, 11) is 0. The molecule has 1 N–H and O–H groups in total. The minimum Gasteiger partial charge on any atom is -0.458 e. The number of aryl methyl sites for hydroxylation is 1. The second-order valence-electron chi connectivity index (χ2n) is 5.93. The van der Waals surface area contributed by atoms with Gasteiger partial charge < -0.3 is 10.1 Å². The van der Waals surface area contributed by atoms with Crippen LogP contribution in [0.25, 0.3) is 0 Å². The molecule has 1 aliphatic carbocycles. The van der Waals surface area contributed by atoms with Crippen molar-refractivity contribution in [3.8, 4) is 0 Å². The molecule has 1 amide bonds. The average molecular weight is 291 g/mol. The van der Waals surface area contributed by atoms with Crippen LogP contribution in [0.1, 0.15) is 45.4 Å². The number of anilines is 1. The number of esters is 1. The second kappa shape index (κ2) is 5.50. The summed E-state index contributed by atoms with van der Waals surface area (Å²) >= 11 is 0. The highest BCUT2D eigenvalue weighted by atomic mass is 16.6. The van der Waals surface area contributed by atoms with E-state index in [1.165, 1.54) is 0 Å². The van der Waals surface area contributed by atoms with E-state index in [0.717, 1.165) is 38.6 Å². The lowest BCUT2D eigenvalue weighted by molar-refractivity contribution is -0.153. The topological polar surface area (TPSA) is 73.2 Å². The Morgan fingerprint density at radius 2 is 2.24 bits per heavy atom. The highest BCUT2D eigenvalue weighted by Crippen LogP contribution is 2.44. The number of rotatable bonds is 3. The van der Waals surface area contributed by atoms with Crippen molar-refractivity contribution in [2.24, 2.45) is 5.92 Å². The SMILES string of the molecule is CCn1cc(NC(=O)[C@H]2CC(=O)OC23CCCCC3)cn1. The lowest BCUT2D eigenvalue weighted by Gasteiger charge is -2.35. The van der Waals surface area contributed by atoms with Gasteiger partial charge >= 0.3 is 5.97 Å². The molecular weight excluding hydrogens is 270 g/mol. The van der Waals surface area contributed by atoms with Gasteiger partial charge in [0.05, 0.1) is 24.2 Å². The Kier molecular flexibility index (Phi) is 3.69. The Bertz CT molecular complexity index is 546. The highest BCUT2D eigenvalue weighted by Gasteiger charge is 2.52. The van der Waals surface area contributed by atoms with Crippen molar-refractivity contribution in [1.82, 2.24) is 9.78 Å². The van der Waals surface area contributed by atoms with E-state index in [-0.39, 0.29) is 24.2 Å². The van der Waals surface area contributed by atoms with Gasteiger partial charge in [0.2, 0.25) is 5.91 Å². The maximum atomic E-state index is 12.6. The molecule has 1 aliphatic heterocycles. The van der Waals surface area contributed by atoms with Gasteiger partial charge in [-0.05, 0) is 32.6 Å². The summed E-state index contributed by atoms with van der Waals surface area (Å²) < 4.78 is 7.32. The lowest BCUT2D eigenvalue weighted by Crippen LogP contribution is -2.43. The van der Waals surface area contributed by atoms with Gasteiger partial charge in [-0.25, -0.2) is 0 Å². The molecule has 3 rings (SSSR count). The Labute approximate surface area is 123 Å². The third kappa shape index (κ3) is 2.66. The predicted octanol–water partition coefficient (Wildman–Crippen LogP) is 2.11. The van der Waals surface area contributed by atoms with Gasteiger partial charge in [0, 0.05) is 12.7 Å². The standard InChI is InChI=1S/C15H21N3O3/c1-2-18-10-11(9-16-18)17-14(20)12-8-13(19)21-15(12)6-4-3-5-7-15/h9-10,12H,2-8H2,1H3,(H,17,20)/t12-/m1/s1. The van der Waals surface area contributed by atoms with Crippen molar-refractivity contribution < 1.29 is 14.3 Å². The molecule has 1 aromatic rings. The van der Waals surface area contributed by atoms with E-state index >= 15 is 0 Å². The summed E-state index contributed by atoms with van der Waals surface area (Å²) in [6.07, 6.45) is 8.39. The summed E-state index contributed by atoms with van der Waals surface area (Å²) in [6.45, 7) is 2.74. The molecule has 0 aromatic carbocycles. The molecule has 2 heterocycles. The fourth-order valence-electron chi connectivity index (χ4n) is 3.45. The van der Waals surface area contributed by atoms with Crippen LogP contribution in [-0.4, -0.2) is 27.3 Å². The summed E-state index contributed by atoms with van der Waals surface area (Å²) in [5, 5.41) is 7.01. The third-order valence-electron chi connectivity index (χ3n) is 4.56. The number of hydrogen-bond donors (Lipinski definition) is 1. The van der Waals surface area contributed by atoms with Gasteiger partial charge in [-0.2, -0.15) is 5.10 Å². The highest BCUT2D eigenvalue weighted by molar-refractivity contribution is 5.96. The van der Waals surface area contributed by atoms with Crippen LogP contribution in [0.15, 0.2) is 12.4 Å². The van der Waals surface area contributed by atoms with E-state index in [1.807, 2.05) is 6.92 Å². The lowest BCUT2D eigenvalue weighted by atomic mass is 9.75. The van der Waals surface area contributed by atoms with Crippen LogP contribution in [0, 0.1) is 5.92 Å². The Morgan fingerprint density at radius 1 is 1.48 bits per heavy atom. The van der Waals surface area contributed by atoms with Crippen LogP contribution >= 0.6 is 0 Å². The molecule has 2 fully saturated rings. The van der Waals surface area contributed by atoms with Crippen LogP contribution in [0.5, 0.6) is 0 Å². The van der Waals surface area contributed by atoms with Crippen molar-refractivity contribution in [3.05, 3.63) is 12.4 Å². The number of nitrogens with zero attached hydrogens (tertiary/aromatic N) is 2. The van der Waals surface area contributed by atoms with Crippen molar-refractivity contribution in [2.45, 2.75) is 57.6 Å². The van der Waals surface area contributed by atoms with Gasteiger partial charge in [-0.3, -0.25) is 14.3 Å². The van der Waals surface area contributed by atoms with Crippen molar-refractivity contribution in [2.75, 3.05) is 5.32 Å². The monoisotopic (exact) mass is 291 g/mol. The van der Waals surface area contributed by atoms with E-state index in [2.05, 4.69) is 10.4 Å². The van der Waals surface area contributed by atoms with Crippen LogP contribution in [0.2, 0.25) is 0 Å². The number of carbonyl (C=O) groups is 2. The normalized spacial score (nSPS) is 24.0. The molecule has 1 saturated heterocycles. The van der Waals surface area contributed by atoms with E-state index in [0.29, 0.717) is 5.69 Å². The Morgan fingerprint density at radius 3 is 2.90 bits per heavy atom. The second-order valence-corrected chi connectivity index (χ2v) is 5.93. The van der Waals surface area contributed by atoms with Crippen molar-refractivity contribution in [3.63, 3.8) is 0 Å². The number of nitrogens with one attached hydrogen (secondary N) is 1. The minimum atomic E-state index is -0.569. The van der Waals surface area contributed by atoms with Crippen molar-refractivity contribution in [1.29, 1.82) is 0 Å². The first kappa shape index (κ1) is 14.1. The van der Waals surface area contributed by atoms with Crippen LogP contribution in [-0.2, 0) is 20.9 Å². The Balaban J connectivity index is 1.74. The maximum Gasteiger partial charge on any atom is 0.307 e. The molecule has 21 heavy (non-hydrogen) atoms. The summed E-state index contributed by atoms with van der Waals surface area (Å²) in [5.74, 6) is -0.755. The molecule has 1 spiro atoms. The molecule has 6 nitrogen and oxygen atoms in total. The van der Waals surface area contributed by atoms with Gasteiger partial charge in [-0.1, -0.05) is 6.42 Å². The summed E-state index contributed by atoms with van der Waals surface area (Å²) in [4.78, 5) is 24.3. The molecule has 1 aromatic heterocycles. The number of carbonyl (C=O) groups excluding carboxylic acids is 2. The van der Waals surface area contributed by atoms with Crippen molar-refractivity contribution >= 4 is 17.6 Å². The zero-order chi connectivity index (χ0) is 14.9. The summed E-state index contributed by atoms with van der Waals surface area (Å²) in [6, 6.07) is 0. The first-order chi connectivity index (χ1) is 10.1. The molecular formula is C15H21N3O3. The predicted molar refractivity (Wildman–Crippen MR) is 76.5 cm³/mol. The van der Waals surface area contributed by atoms with E-state index in [1.54, 1.807) is 17.1 Å². The van der Waals surface area contributed by atoms with E-state index in [4.69, 9.17) is 4.74 Å². The zero-order valence-corrected chi connectivity index (χ0v) is 12.3. The molecule has 0 bridgehead atoms. The Hall–Kier alpha value is -1.85. The largest absolute Gasteiger partial charge is 0.458 e. The molecule has 114 valence electrons. The number of aromatic nitrogens is 2. The van der Waals surface area contributed by atoms with Gasteiger partial charge in [0.25, 0.3) is 0 Å². The molecule has 0 radical (unpaired) electrons. The molecule has 1 atom stereocenters. The third-order valence-corrected chi connectivity index (χ3v) is 4.56. The van der Waals surface area contributed by atoms with Gasteiger partial charge in [0.15, 0.2) is 0 Å². The van der Waals surface area contributed by atoms with Crippen LogP contribution < -0.4 is 5.32 Å².